The number of nitrogens with one attached hydrogen (secondary N) is 4. The average molecular weight is 339 g/mol. The van der Waals surface area contributed by atoms with Crippen LogP contribution in [0.2, 0.25) is 0 Å². The maximum atomic E-state index is 12.5. The molecular formula is C18H21N5O2. The van der Waals surface area contributed by atoms with Crippen LogP contribution in [0.15, 0.2) is 30.6 Å². The van der Waals surface area contributed by atoms with E-state index < -0.39 is 0 Å². The molecule has 3 aromatic rings. The second kappa shape index (κ2) is 6.60. The smallest absolute Gasteiger partial charge is 0.228 e. The van der Waals surface area contributed by atoms with Gasteiger partial charge in [0.05, 0.1) is 31.1 Å². The number of amides is 1. The SMILES string of the molecule is COc1ccc2[nH]cc(CC(=O)Nc3cn[nH]c3C3CCNC3)c2c1. The van der Waals surface area contributed by atoms with Gasteiger partial charge in [0.1, 0.15) is 5.75 Å². The number of ether oxygens (including phenoxy) is 1. The number of aromatic amines is 2. The van der Waals surface area contributed by atoms with E-state index in [1.54, 1.807) is 13.3 Å². The fraction of sp³-hybridized carbons (Fsp3) is 0.333. The lowest BCUT2D eigenvalue weighted by Gasteiger charge is -2.10. The van der Waals surface area contributed by atoms with Crippen molar-refractivity contribution in [2.75, 3.05) is 25.5 Å². The first-order valence-corrected chi connectivity index (χ1v) is 8.42. The Morgan fingerprint density at radius 3 is 3.16 bits per heavy atom. The number of methoxy groups -OCH3 is 1. The van der Waals surface area contributed by atoms with Gasteiger partial charge in [0.15, 0.2) is 0 Å². The van der Waals surface area contributed by atoms with Gasteiger partial charge in [-0.15, -0.1) is 0 Å². The van der Waals surface area contributed by atoms with Crippen molar-refractivity contribution in [3.63, 3.8) is 0 Å². The molecule has 4 rings (SSSR count). The normalized spacial score (nSPS) is 17.1. The second-order valence-electron chi connectivity index (χ2n) is 6.34. The molecule has 7 nitrogen and oxygen atoms in total. The first kappa shape index (κ1) is 15.7. The maximum absolute atomic E-state index is 12.5. The molecule has 4 N–H and O–H groups in total. The van der Waals surface area contributed by atoms with Gasteiger partial charge in [0, 0.05) is 29.6 Å². The van der Waals surface area contributed by atoms with Crippen molar-refractivity contribution >= 4 is 22.5 Å². The molecule has 0 radical (unpaired) electrons. The molecule has 1 fully saturated rings. The molecule has 0 aliphatic carbocycles. The molecule has 7 heteroatoms. The Kier molecular flexibility index (Phi) is 4.15. The van der Waals surface area contributed by atoms with Gasteiger partial charge in [-0.3, -0.25) is 9.89 Å². The molecule has 0 spiro atoms. The number of nitrogens with zero attached hydrogens (tertiary/aromatic N) is 1. The molecule has 1 unspecified atom stereocenters. The molecule has 1 aliphatic heterocycles. The Labute approximate surface area is 145 Å². The van der Waals surface area contributed by atoms with Crippen LogP contribution in [-0.2, 0) is 11.2 Å². The highest BCUT2D eigenvalue weighted by Crippen LogP contribution is 2.28. The number of H-pyrrole nitrogens is 2. The summed E-state index contributed by atoms with van der Waals surface area (Å²) in [5.74, 6) is 1.09. The predicted octanol–water partition coefficient (Wildman–Crippen LogP) is 2.16. The number of benzene rings is 1. The molecule has 0 saturated carbocycles. The fourth-order valence-corrected chi connectivity index (χ4v) is 3.41. The van der Waals surface area contributed by atoms with Crippen LogP contribution in [0.5, 0.6) is 5.75 Å². The summed E-state index contributed by atoms with van der Waals surface area (Å²) in [6.07, 6.45) is 4.90. The summed E-state index contributed by atoms with van der Waals surface area (Å²) in [6.45, 7) is 1.90. The van der Waals surface area contributed by atoms with E-state index in [2.05, 4.69) is 25.8 Å². The van der Waals surface area contributed by atoms with Gasteiger partial charge in [-0.2, -0.15) is 5.10 Å². The zero-order valence-electron chi connectivity index (χ0n) is 14.1. The number of aromatic nitrogens is 3. The Bertz CT molecular complexity index is 892. The first-order valence-electron chi connectivity index (χ1n) is 8.42. The summed E-state index contributed by atoms with van der Waals surface area (Å²) in [7, 11) is 1.64. The highest BCUT2D eigenvalue weighted by molar-refractivity contribution is 5.96. The lowest BCUT2D eigenvalue weighted by Crippen LogP contribution is -2.16. The molecule has 1 amide bonds. The molecule has 3 heterocycles. The Morgan fingerprint density at radius 2 is 2.36 bits per heavy atom. The van der Waals surface area contributed by atoms with E-state index in [-0.39, 0.29) is 5.91 Å². The lowest BCUT2D eigenvalue weighted by atomic mass is 10.0. The van der Waals surface area contributed by atoms with E-state index >= 15 is 0 Å². The number of carbonyl (C=O) groups excluding carboxylic acids is 1. The van der Waals surface area contributed by atoms with Crippen molar-refractivity contribution in [2.45, 2.75) is 18.8 Å². The topological polar surface area (TPSA) is 94.8 Å². The molecule has 130 valence electrons. The predicted molar refractivity (Wildman–Crippen MR) is 96.0 cm³/mol. The third-order valence-electron chi connectivity index (χ3n) is 4.74. The van der Waals surface area contributed by atoms with E-state index in [9.17, 15) is 4.79 Å². The summed E-state index contributed by atoms with van der Waals surface area (Å²) in [6, 6.07) is 5.80. The quantitative estimate of drug-likeness (QED) is 0.573. The van der Waals surface area contributed by atoms with Crippen molar-refractivity contribution in [3.05, 3.63) is 41.9 Å². The number of anilines is 1. The molecule has 1 aliphatic rings. The molecule has 1 aromatic carbocycles. The average Bonchev–Trinajstić information content (AvgIpc) is 3.35. The Balaban J connectivity index is 1.50. The molecule has 25 heavy (non-hydrogen) atoms. The molecule has 1 atom stereocenters. The molecule has 0 bridgehead atoms. The summed E-state index contributed by atoms with van der Waals surface area (Å²) in [5.41, 5.74) is 3.71. The Hall–Kier alpha value is -2.80. The minimum Gasteiger partial charge on any atom is -0.497 e. The number of fused-ring (bicyclic) bond motifs is 1. The van der Waals surface area contributed by atoms with Crippen molar-refractivity contribution in [1.29, 1.82) is 0 Å². The molecule has 2 aromatic heterocycles. The third-order valence-corrected chi connectivity index (χ3v) is 4.74. The van der Waals surface area contributed by atoms with Crippen molar-refractivity contribution < 1.29 is 9.53 Å². The maximum Gasteiger partial charge on any atom is 0.228 e. The first-order chi connectivity index (χ1) is 12.2. The number of hydrogen-bond acceptors (Lipinski definition) is 4. The van der Waals surface area contributed by atoms with Crippen LogP contribution in [0.25, 0.3) is 10.9 Å². The Morgan fingerprint density at radius 1 is 1.44 bits per heavy atom. The minimum atomic E-state index is -0.0580. The van der Waals surface area contributed by atoms with Gasteiger partial charge in [-0.05, 0) is 36.7 Å². The van der Waals surface area contributed by atoms with Gasteiger partial charge in [-0.1, -0.05) is 0 Å². The van der Waals surface area contributed by atoms with Gasteiger partial charge in [0.25, 0.3) is 0 Å². The van der Waals surface area contributed by atoms with Crippen LogP contribution in [0.3, 0.4) is 0 Å². The van der Waals surface area contributed by atoms with E-state index in [4.69, 9.17) is 4.74 Å². The molecular weight excluding hydrogens is 318 g/mol. The second-order valence-corrected chi connectivity index (χ2v) is 6.34. The summed E-state index contributed by atoms with van der Waals surface area (Å²) < 4.78 is 5.28. The summed E-state index contributed by atoms with van der Waals surface area (Å²) >= 11 is 0. The highest BCUT2D eigenvalue weighted by atomic mass is 16.5. The molecule has 1 saturated heterocycles. The van der Waals surface area contributed by atoms with Gasteiger partial charge in [-0.25, -0.2) is 0 Å². The van der Waals surface area contributed by atoms with Crippen molar-refractivity contribution in [2.24, 2.45) is 0 Å². The van der Waals surface area contributed by atoms with E-state index in [0.29, 0.717) is 12.3 Å². The zero-order valence-corrected chi connectivity index (χ0v) is 14.1. The largest absolute Gasteiger partial charge is 0.497 e. The van der Waals surface area contributed by atoms with Crippen LogP contribution in [0.1, 0.15) is 23.6 Å². The fourth-order valence-electron chi connectivity index (χ4n) is 3.41. The van der Waals surface area contributed by atoms with Gasteiger partial charge in [0.2, 0.25) is 5.91 Å². The van der Waals surface area contributed by atoms with Crippen molar-refractivity contribution in [3.8, 4) is 5.75 Å². The van der Waals surface area contributed by atoms with E-state index in [0.717, 1.165) is 53.1 Å². The monoisotopic (exact) mass is 339 g/mol. The third kappa shape index (κ3) is 3.10. The lowest BCUT2D eigenvalue weighted by molar-refractivity contribution is -0.115. The van der Waals surface area contributed by atoms with Crippen LogP contribution in [-0.4, -0.2) is 41.3 Å². The van der Waals surface area contributed by atoms with Crippen LogP contribution >= 0.6 is 0 Å². The van der Waals surface area contributed by atoms with Crippen molar-refractivity contribution in [1.82, 2.24) is 20.5 Å². The van der Waals surface area contributed by atoms with Crippen LogP contribution in [0.4, 0.5) is 5.69 Å². The minimum absolute atomic E-state index is 0.0580. The highest BCUT2D eigenvalue weighted by Gasteiger charge is 2.22. The van der Waals surface area contributed by atoms with Crippen LogP contribution < -0.4 is 15.4 Å². The standard InChI is InChI=1S/C18H21N5O2/c1-25-13-2-3-15-14(7-13)12(9-20-15)6-17(24)22-16-10-21-23-18(16)11-4-5-19-8-11/h2-3,7,9-11,19-20H,4-6,8H2,1H3,(H,21,23)(H,22,24). The summed E-state index contributed by atoms with van der Waals surface area (Å²) in [4.78, 5) is 15.7. The summed E-state index contributed by atoms with van der Waals surface area (Å²) in [5, 5.41) is 14.5. The van der Waals surface area contributed by atoms with Gasteiger partial charge >= 0.3 is 0 Å². The van der Waals surface area contributed by atoms with E-state index in [1.807, 2.05) is 24.4 Å². The zero-order chi connectivity index (χ0) is 17.2. The number of rotatable bonds is 5. The van der Waals surface area contributed by atoms with Crippen LogP contribution in [0, 0.1) is 0 Å². The number of hydrogen-bond donors (Lipinski definition) is 4. The van der Waals surface area contributed by atoms with Gasteiger partial charge < -0.3 is 20.4 Å². The number of carbonyl (C=O) groups is 1. The van der Waals surface area contributed by atoms with E-state index in [1.165, 1.54) is 0 Å².